The third-order valence-corrected chi connectivity index (χ3v) is 6.61. The number of hydrogen-bond donors (Lipinski definition) is 5. The molecule has 1 aromatic carbocycles. The molecule has 0 bridgehead atoms. The molecule has 0 unspecified atom stereocenters. The van der Waals surface area contributed by atoms with Gasteiger partial charge in [-0.1, -0.05) is 18.2 Å². The molecule has 0 aliphatic rings. The molecule has 0 saturated carbocycles. The van der Waals surface area contributed by atoms with Crippen LogP contribution in [0, 0.1) is 13.8 Å². The first-order chi connectivity index (χ1) is 17.8. The van der Waals surface area contributed by atoms with Gasteiger partial charge in [0.25, 0.3) is 11.8 Å². The third-order valence-electron chi connectivity index (χ3n) is 5.74. The first-order valence-electron chi connectivity index (χ1n) is 11.7. The van der Waals surface area contributed by atoms with Crippen LogP contribution in [0.25, 0.3) is 10.9 Å². The standard InChI is InChI=1S/C25H27N7O4S/c1-14-21(23(34)31-19(24(35)36)13-27-22(33)20-6-4-10-37-20)15(2)30-25(29-14)26-9-3-5-16-7-8-17-12-28-32-18(17)11-16/h4,6-8,10-12,19H,3,5,9,13H2,1-2H3,(H,27,33)(H,28,32)(H,31,34)(H,35,36)(H,26,29,30)/t19-/m0/s1. The molecule has 5 N–H and O–H groups in total. The number of thiophene rings is 1. The Morgan fingerprint density at radius 1 is 1.11 bits per heavy atom. The molecule has 12 heteroatoms. The molecular weight excluding hydrogens is 494 g/mol. The van der Waals surface area contributed by atoms with Crippen LogP contribution in [0.3, 0.4) is 0 Å². The zero-order chi connectivity index (χ0) is 26.4. The Labute approximate surface area is 216 Å². The van der Waals surface area contributed by atoms with E-state index in [2.05, 4.69) is 48.2 Å². The van der Waals surface area contributed by atoms with E-state index in [9.17, 15) is 19.5 Å². The maximum absolute atomic E-state index is 12.9. The van der Waals surface area contributed by atoms with Gasteiger partial charge >= 0.3 is 5.97 Å². The summed E-state index contributed by atoms with van der Waals surface area (Å²) < 4.78 is 0. The van der Waals surface area contributed by atoms with Crippen molar-refractivity contribution < 1.29 is 19.5 Å². The van der Waals surface area contributed by atoms with E-state index in [0.29, 0.717) is 28.8 Å². The number of aliphatic carboxylic acids is 1. The number of nitrogens with zero attached hydrogens (tertiary/aromatic N) is 3. The molecule has 0 radical (unpaired) electrons. The van der Waals surface area contributed by atoms with Crippen LogP contribution in [-0.4, -0.2) is 62.2 Å². The highest BCUT2D eigenvalue weighted by Gasteiger charge is 2.24. The molecule has 3 heterocycles. The number of H-pyrrole nitrogens is 1. The lowest BCUT2D eigenvalue weighted by Gasteiger charge is -2.17. The van der Waals surface area contributed by atoms with Gasteiger partial charge in [-0.25, -0.2) is 14.8 Å². The number of aromatic amines is 1. The summed E-state index contributed by atoms with van der Waals surface area (Å²) >= 11 is 1.24. The molecule has 4 aromatic rings. The number of carboxylic acid groups (broad SMARTS) is 1. The summed E-state index contributed by atoms with van der Waals surface area (Å²) in [5.74, 6) is -1.88. The van der Waals surface area contributed by atoms with E-state index in [1.165, 1.54) is 16.9 Å². The zero-order valence-corrected chi connectivity index (χ0v) is 21.2. The summed E-state index contributed by atoms with van der Waals surface area (Å²) in [5, 5.41) is 27.5. The number of nitrogens with one attached hydrogen (secondary N) is 4. The highest BCUT2D eigenvalue weighted by atomic mass is 32.1. The van der Waals surface area contributed by atoms with Gasteiger partial charge in [-0.15, -0.1) is 11.3 Å². The number of amides is 2. The van der Waals surface area contributed by atoms with Gasteiger partial charge in [0.1, 0.15) is 6.04 Å². The van der Waals surface area contributed by atoms with Crippen molar-refractivity contribution in [2.75, 3.05) is 18.4 Å². The third kappa shape index (κ3) is 6.47. The Hall–Kier alpha value is -4.32. The molecule has 4 rings (SSSR count). The number of aromatic nitrogens is 4. The van der Waals surface area contributed by atoms with Crippen LogP contribution in [0.5, 0.6) is 0 Å². The lowest BCUT2D eigenvalue weighted by atomic mass is 10.1. The van der Waals surface area contributed by atoms with Gasteiger partial charge in [-0.2, -0.15) is 5.10 Å². The maximum atomic E-state index is 12.9. The molecule has 0 spiro atoms. The first kappa shape index (κ1) is 25.8. The second kappa shape index (κ2) is 11.6. The van der Waals surface area contributed by atoms with Crippen LogP contribution in [0.1, 0.15) is 43.4 Å². The normalized spacial score (nSPS) is 11.7. The largest absolute Gasteiger partial charge is 0.480 e. The molecule has 0 saturated heterocycles. The monoisotopic (exact) mass is 521 g/mol. The molecule has 0 aliphatic heterocycles. The highest BCUT2D eigenvalue weighted by Crippen LogP contribution is 2.16. The number of benzene rings is 1. The number of aryl methyl sites for hydroxylation is 3. The van der Waals surface area contributed by atoms with Crippen molar-refractivity contribution in [1.82, 2.24) is 30.8 Å². The van der Waals surface area contributed by atoms with Gasteiger partial charge < -0.3 is 21.1 Å². The van der Waals surface area contributed by atoms with Gasteiger partial charge in [0.05, 0.1) is 33.5 Å². The van der Waals surface area contributed by atoms with E-state index in [4.69, 9.17) is 0 Å². The highest BCUT2D eigenvalue weighted by molar-refractivity contribution is 7.12. The Morgan fingerprint density at radius 2 is 1.89 bits per heavy atom. The van der Waals surface area contributed by atoms with E-state index in [1.807, 2.05) is 6.07 Å². The number of rotatable bonds is 11. The van der Waals surface area contributed by atoms with E-state index >= 15 is 0 Å². The fourth-order valence-corrected chi connectivity index (χ4v) is 4.52. The van der Waals surface area contributed by atoms with Crippen molar-refractivity contribution in [3.05, 3.63) is 69.3 Å². The number of carbonyl (C=O) groups is 3. The molecule has 192 valence electrons. The van der Waals surface area contributed by atoms with Crippen LogP contribution in [0.4, 0.5) is 5.95 Å². The quantitative estimate of drug-likeness (QED) is 0.188. The van der Waals surface area contributed by atoms with Crippen molar-refractivity contribution in [3.8, 4) is 0 Å². The Kier molecular flexibility index (Phi) is 8.08. The Bertz CT molecular complexity index is 1390. The number of carbonyl (C=O) groups excluding carboxylic acids is 2. The average Bonchev–Trinajstić information content (AvgIpc) is 3.56. The van der Waals surface area contributed by atoms with E-state index in [-0.39, 0.29) is 12.1 Å². The van der Waals surface area contributed by atoms with E-state index in [0.717, 1.165) is 23.7 Å². The van der Waals surface area contributed by atoms with Crippen LogP contribution < -0.4 is 16.0 Å². The number of fused-ring (bicyclic) bond motifs is 1. The fourth-order valence-electron chi connectivity index (χ4n) is 3.88. The molecule has 0 fully saturated rings. The van der Waals surface area contributed by atoms with Crippen LogP contribution in [-0.2, 0) is 11.2 Å². The van der Waals surface area contributed by atoms with Crippen molar-refractivity contribution in [3.63, 3.8) is 0 Å². The Balaban J connectivity index is 1.31. The number of carboxylic acids is 1. The van der Waals surface area contributed by atoms with Gasteiger partial charge in [0.15, 0.2) is 0 Å². The van der Waals surface area contributed by atoms with Crippen molar-refractivity contribution in [2.24, 2.45) is 0 Å². The van der Waals surface area contributed by atoms with Gasteiger partial charge in [-0.3, -0.25) is 14.7 Å². The maximum Gasteiger partial charge on any atom is 0.328 e. The minimum Gasteiger partial charge on any atom is -0.480 e. The summed E-state index contributed by atoms with van der Waals surface area (Å²) in [6.45, 7) is 3.71. The average molecular weight is 522 g/mol. The van der Waals surface area contributed by atoms with Gasteiger partial charge in [-0.05, 0) is 49.8 Å². The van der Waals surface area contributed by atoms with Crippen LogP contribution >= 0.6 is 11.3 Å². The second-order valence-electron chi connectivity index (χ2n) is 8.47. The van der Waals surface area contributed by atoms with Crippen LogP contribution in [0.2, 0.25) is 0 Å². The minimum atomic E-state index is -1.31. The lowest BCUT2D eigenvalue weighted by Crippen LogP contribution is -2.48. The minimum absolute atomic E-state index is 0.203. The van der Waals surface area contributed by atoms with E-state index < -0.39 is 23.8 Å². The van der Waals surface area contributed by atoms with Crippen molar-refractivity contribution in [1.29, 1.82) is 0 Å². The summed E-state index contributed by atoms with van der Waals surface area (Å²) in [6, 6.07) is 8.24. The van der Waals surface area contributed by atoms with E-state index in [1.54, 1.807) is 37.6 Å². The Morgan fingerprint density at radius 3 is 2.59 bits per heavy atom. The molecule has 0 aliphatic carbocycles. The molecule has 2 amide bonds. The summed E-state index contributed by atoms with van der Waals surface area (Å²) in [4.78, 5) is 45.9. The second-order valence-corrected chi connectivity index (χ2v) is 9.41. The number of hydrogen-bond acceptors (Lipinski definition) is 8. The van der Waals surface area contributed by atoms with Crippen LogP contribution in [0.15, 0.2) is 41.9 Å². The lowest BCUT2D eigenvalue weighted by molar-refractivity contribution is -0.139. The summed E-state index contributed by atoms with van der Waals surface area (Å²) in [7, 11) is 0. The predicted molar refractivity (Wildman–Crippen MR) is 140 cm³/mol. The molecule has 1 atom stereocenters. The first-order valence-corrected chi connectivity index (χ1v) is 12.6. The zero-order valence-electron chi connectivity index (χ0n) is 20.4. The molecule has 37 heavy (non-hydrogen) atoms. The SMILES string of the molecule is Cc1nc(NCCCc2ccc3cn[nH]c3c2)nc(C)c1C(=O)N[C@@H](CNC(=O)c1cccs1)C(=O)O. The topological polar surface area (TPSA) is 162 Å². The van der Waals surface area contributed by atoms with Gasteiger partial charge in [0, 0.05) is 18.5 Å². The predicted octanol–water partition coefficient (Wildman–Crippen LogP) is 2.69. The smallest absolute Gasteiger partial charge is 0.328 e. The van der Waals surface area contributed by atoms with Crippen molar-refractivity contribution in [2.45, 2.75) is 32.7 Å². The summed E-state index contributed by atoms with van der Waals surface area (Å²) in [5.41, 5.74) is 3.24. The van der Waals surface area contributed by atoms with Crippen molar-refractivity contribution >= 4 is 46.0 Å². The number of anilines is 1. The molecular formula is C25H27N7O4S. The molecule has 11 nitrogen and oxygen atoms in total. The molecule has 3 aromatic heterocycles. The van der Waals surface area contributed by atoms with Gasteiger partial charge in [0.2, 0.25) is 5.95 Å². The summed E-state index contributed by atoms with van der Waals surface area (Å²) in [6.07, 6.45) is 3.50. The fraction of sp³-hybridized carbons (Fsp3) is 0.280.